The number of ether oxygens (including phenoxy) is 2. The minimum Gasteiger partial charge on any atom is -0.443 e. The molecule has 6 nitrogen and oxygen atoms in total. The maximum Gasteiger partial charge on any atom is 0.350 e. The number of carbonyl (C=O) groups is 1. The third kappa shape index (κ3) is 4.45. The highest BCUT2D eigenvalue weighted by Crippen LogP contribution is 2.23. The Labute approximate surface area is 136 Å². The summed E-state index contributed by atoms with van der Waals surface area (Å²) >= 11 is 0. The highest BCUT2D eigenvalue weighted by molar-refractivity contribution is 5.98. The minimum atomic E-state index is -0.895. The predicted octanol–water partition coefficient (Wildman–Crippen LogP) is 2.67. The Morgan fingerprint density at radius 1 is 1.39 bits per heavy atom. The van der Waals surface area contributed by atoms with Crippen molar-refractivity contribution >= 4 is 12.0 Å². The molecule has 0 aliphatic carbocycles. The van der Waals surface area contributed by atoms with E-state index in [0.717, 1.165) is 17.0 Å². The Balaban J connectivity index is 3.16. The van der Waals surface area contributed by atoms with E-state index >= 15 is 0 Å². The Morgan fingerprint density at radius 3 is 2.57 bits per heavy atom. The van der Waals surface area contributed by atoms with Gasteiger partial charge in [-0.25, -0.2) is 4.79 Å². The quantitative estimate of drug-likeness (QED) is 0.457. The highest BCUT2D eigenvalue weighted by Gasteiger charge is 2.17. The molecule has 0 aliphatic heterocycles. The first-order chi connectivity index (χ1) is 10.8. The van der Waals surface area contributed by atoms with E-state index in [2.05, 4.69) is 4.57 Å². The van der Waals surface area contributed by atoms with Crippen LogP contribution in [0.15, 0.2) is 11.6 Å². The molecule has 1 aromatic rings. The predicted molar refractivity (Wildman–Crippen MR) is 85.3 cm³/mol. The van der Waals surface area contributed by atoms with Crippen LogP contribution < -0.4 is 0 Å². The summed E-state index contributed by atoms with van der Waals surface area (Å²) in [4.78, 5) is 11.9. The van der Waals surface area contributed by atoms with E-state index in [4.69, 9.17) is 14.7 Å². The Kier molecular flexibility index (Phi) is 6.56. The molecule has 1 heterocycles. The molecule has 0 saturated heterocycles. The summed E-state index contributed by atoms with van der Waals surface area (Å²) in [6, 6.07) is 5.67. The lowest BCUT2D eigenvalue weighted by Gasteiger charge is -2.17. The summed E-state index contributed by atoms with van der Waals surface area (Å²) in [7, 11) is 1.64. The second kappa shape index (κ2) is 8.17. The SMILES string of the molecule is COC[C@@H](C)n1c(C)cc(/C=C(\C#N)C(=O)O[C@H](C)C#N)c1C. The molecular weight excluding hydrogens is 294 g/mol. The fraction of sp³-hybridized carbons (Fsp3) is 0.471. The van der Waals surface area contributed by atoms with Gasteiger partial charge >= 0.3 is 5.97 Å². The van der Waals surface area contributed by atoms with Crippen LogP contribution in [0.5, 0.6) is 0 Å². The summed E-state index contributed by atoms with van der Waals surface area (Å²) < 4.78 is 12.1. The molecule has 0 unspecified atom stereocenters. The van der Waals surface area contributed by atoms with E-state index in [0.29, 0.717) is 6.61 Å². The Morgan fingerprint density at radius 2 is 2.04 bits per heavy atom. The van der Waals surface area contributed by atoms with E-state index in [1.807, 2.05) is 32.9 Å². The van der Waals surface area contributed by atoms with E-state index in [1.165, 1.54) is 13.0 Å². The highest BCUT2D eigenvalue weighted by atomic mass is 16.5. The van der Waals surface area contributed by atoms with Gasteiger partial charge in [0.15, 0.2) is 6.10 Å². The maximum absolute atomic E-state index is 11.9. The van der Waals surface area contributed by atoms with E-state index in [-0.39, 0.29) is 11.6 Å². The van der Waals surface area contributed by atoms with Crippen molar-refractivity contribution in [3.8, 4) is 12.1 Å². The third-order valence-electron chi connectivity index (χ3n) is 3.48. The summed E-state index contributed by atoms with van der Waals surface area (Å²) in [5, 5.41) is 17.9. The van der Waals surface area contributed by atoms with Crippen molar-refractivity contribution in [2.75, 3.05) is 13.7 Å². The number of esters is 1. The Bertz CT molecular complexity index is 689. The first-order valence-electron chi connectivity index (χ1n) is 7.25. The number of aryl methyl sites for hydroxylation is 1. The molecular formula is C17H21N3O3. The van der Waals surface area contributed by atoms with Gasteiger partial charge in [-0.1, -0.05) is 0 Å². The first-order valence-corrected chi connectivity index (χ1v) is 7.25. The lowest BCUT2D eigenvalue weighted by Crippen LogP contribution is -2.14. The van der Waals surface area contributed by atoms with Crippen LogP contribution >= 0.6 is 0 Å². The molecule has 1 rings (SSSR count). The number of carbonyl (C=O) groups excluding carboxylic acids is 1. The van der Waals surface area contributed by atoms with Crippen molar-refractivity contribution in [3.05, 3.63) is 28.6 Å². The van der Waals surface area contributed by atoms with Crippen LogP contribution in [0.2, 0.25) is 0 Å². The smallest absolute Gasteiger partial charge is 0.350 e. The lowest BCUT2D eigenvalue weighted by molar-refractivity contribution is -0.140. The van der Waals surface area contributed by atoms with Crippen molar-refractivity contribution in [1.82, 2.24) is 4.57 Å². The van der Waals surface area contributed by atoms with Crippen molar-refractivity contribution in [3.63, 3.8) is 0 Å². The van der Waals surface area contributed by atoms with Gasteiger partial charge in [-0.3, -0.25) is 0 Å². The zero-order chi connectivity index (χ0) is 17.6. The van der Waals surface area contributed by atoms with Crippen LogP contribution in [0.25, 0.3) is 6.08 Å². The second-order valence-electron chi connectivity index (χ2n) is 5.35. The van der Waals surface area contributed by atoms with Gasteiger partial charge in [0.05, 0.1) is 12.6 Å². The number of rotatable bonds is 6. The monoisotopic (exact) mass is 315 g/mol. The lowest BCUT2D eigenvalue weighted by atomic mass is 10.1. The van der Waals surface area contributed by atoms with Gasteiger partial charge in [-0.2, -0.15) is 10.5 Å². The molecule has 122 valence electrons. The largest absolute Gasteiger partial charge is 0.443 e. The molecule has 0 fully saturated rings. The van der Waals surface area contributed by atoms with Crippen LogP contribution in [0.4, 0.5) is 0 Å². The number of hydrogen-bond donors (Lipinski definition) is 0. The number of nitriles is 2. The van der Waals surface area contributed by atoms with E-state index < -0.39 is 12.1 Å². The molecule has 2 atom stereocenters. The average Bonchev–Trinajstić information content (AvgIpc) is 2.78. The molecule has 0 spiro atoms. The third-order valence-corrected chi connectivity index (χ3v) is 3.48. The van der Waals surface area contributed by atoms with Crippen LogP contribution in [0, 0.1) is 36.5 Å². The van der Waals surface area contributed by atoms with Gasteiger partial charge in [0, 0.05) is 18.5 Å². The Hall–Kier alpha value is -2.57. The molecule has 0 radical (unpaired) electrons. The molecule has 0 bridgehead atoms. The van der Waals surface area contributed by atoms with Crippen molar-refractivity contribution in [2.24, 2.45) is 0 Å². The van der Waals surface area contributed by atoms with Gasteiger partial charge in [-0.15, -0.1) is 0 Å². The number of aromatic nitrogens is 1. The average molecular weight is 315 g/mol. The number of methoxy groups -OCH3 is 1. The molecule has 0 aromatic carbocycles. The number of hydrogen-bond acceptors (Lipinski definition) is 5. The first kappa shape index (κ1) is 18.5. The molecule has 0 N–H and O–H groups in total. The zero-order valence-corrected chi connectivity index (χ0v) is 14.1. The van der Waals surface area contributed by atoms with Gasteiger partial charge < -0.3 is 14.0 Å². The fourth-order valence-electron chi connectivity index (χ4n) is 2.49. The van der Waals surface area contributed by atoms with Crippen LogP contribution in [0.1, 0.15) is 36.8 Å². The molecule has 23 heavy (non-hydrogen) atoms. The van der Waals surface area contributed by atoms with Gasteiger partial charge in [-0.05, 0) is 45.4 Å². The van der Waals surface area contributed by atoms with Gasteiger partial charge in [0.2, 0.25) is 0 Å². The minimum absolute atomic E-state index is 0.133. The molecule has 0 amide bonds. The molecule has 0 aliphatic rings. The maximum atomic E-state index is 11.9. The van der Waals surface area contributed by atoms with Crippen LogP contribution in [0.3, 0.4) is 0 Å². The summed E-state index contributed by atoms with van der Waals surface area (Å²) in [6.45, 7) is 7.92. The van der Waals surface area contributed by atoms with Crippen LogP contribution in [-0.4, -0.2) is 30.4 Å². The molecule has 0 saturated carbocycles. The zero-order valence-electron chi connectivity index (χ0n) is 14.1. The van der Waals surface area contributed by atoms with Crippen molar-refractivity contribution in [2.45, 2.75) is 39.8 Å². The van der Waals surface area contributed by atoms with E-state index in [9.17, 15) is 10.1 Å². The molecule has 1 aromatic heterocycles. The topological polar surface area (TPSA) is 88.0 Å². The van der Waals surface area contributed by atoms with Gasteiger partial charge in [0.25, 0.3) is 0 Å². The fourth-order valence-corrected chi connectivity index (χ4v) is 2.49. The second-order valence-corrected chi connectivity index (χ2v) is 5.35. The normalized spacial score (nSPS) is 13.8. The number of nitrogens with zero attached hydrogens (tertiary/aromatic N) is 3. The van der Waals surface area contributed by atoms with Crippen molar-refractivity contribution in [1.29, 1.82) is 10.5 Å². The van der Waals surface area contributed by atoms with Crippen LogP contribution in [-0.2, 0) is 14.3 Å². The summed E-state index contributed by atoms with van der Waals surface area (Å²) in [5.41, 5.74) is 2.57. The van der Waals surface area contributed by atoms with Gasteiger partial charge in [0.1, 0.15) is 17.7 Å². The van der Waals surface area contributed by atoms with Crippen molar-refractivity contribution < 1.29 is 14.3 Å². The molecule has 6 heteroatoms. The standard InChI is InChI=1S/C17H21N3O3/c1-11-6-15(14(4)20(11)12(2)10-22-5)7-16(9-19)17(21)23-13(3)8-18/h6-7,12-13H,10H2,1-5H3/b16-7+/t12-,13-/m1/s1. The summed E-state index contributed by atoms with van der Waals surface area (Å²) in [6.07, 6.45) is 0.596. The van der Waals surface area contributed by atoms with E-state index in [1.54, 1.807) is 13.2 Å². The summed E-state index contributed by atoms with van der Waals surface area (Å²) in [5.74, 6) is -0.795.